The Morgan fingerprint density at radius 2 is 2.20 bits per heavy atom. The SMILES string of the molecule is CCCOc1cccc(NC(C)Cc2ccsc2)c1N. The fraction of sp³-hybridized carbons (Fsp3) is 0.375. The first kappa shape index (κ1) is 14.7. The number of ether oxygens (including phenoxy) is 1. The number of rotatable bonds is 7. The van der Waals surface area contributed by atoms with Crippen LogP contribution in [0.1, 0.15) is 25.8 Å². The Morgan fingerprint density at radius 1 is 1.35 bits per heavy atom. The van der Waals surface area contributed by atoms with Gasteiger partial charge in [0.05, 0.1) is 18.0 Å². The lowest BCUT2D eigenvalue weighted by Crippen LogP contribution is -2.18. The van der Waals surface area contributed by atoms with E-state index in [1.54, 1.807) is 11.3 Å². The van der Waals surface area contributed by atoms with E-state index in [1.807, 2.05) is 18.2 Å². The zero-order chi connectivity index (χ0) is 14.4. The van der Waals surface area contributed by atoms with Crippen molar-refractivity contribution in [1.29, 1.82) is 0 Å². The smallest absolute Gasteiger partial charge is 0.144 e. The molecule has 3 nitrogen and oxygen atoms in total. The number of hydrogen-bond acceptors (Lipinski definition) is 4. The number of hydrogen-bond donors (Lipinski definition) is 2. The summed E-state index contributed by atoms with van der Waals surface area (Å²) in [5.74, 6) is 0.764. The molecule has 108 valence electrons. The van der Waals surface area contributed by atoms with Crippen molar-refractivity contribution in [2.24, 2.45) is 0 Å². The van der Waals surface area contributed by atoms with Crippen molar-refractivity contribution < 1.29 is 4.74 Å². The Balaban J connectivity index is 2.01. The number of nitrogens with two attached hydrogens (primary N) is 1. The molecule has 2 rings (SSSR count). The van der Waals surface area contributed by atoms with Gasteiger partial charge in [-0.15, -0.1) is 0 Å². The van der Waals surface area contributed by atoms with Crippen LogP contribution in [0.15, 0.2) is 35.0 Å². The summed E-state index contributed by atoms with van der Waals surface area (Å²) in [6, 6.07) is 8.37. The fourth-order valence-corrected chi connectivity index (χ4v) is 2.77. The fourth-order valence-electron chi connectivity index (χ4n) is 2.09. The first-order valence-electron chi connectivity index (χ1n) is 6.99. The molecule has 0 bridgehead atoms. The molecule has 1 aromatic heterocycles. The third-order valence-electron chi connectivity index (χ3n) is 3.05. The second-order valence-corrected chi connectivity index (χ2v) is 5.73. The standard InChI is InChI=1S/C16H22N2OS/c1-3-8-19-15-6-4-5-14(16(15)17)18-12(2)10-13-7-9-20-11-13/h4-7,9,11-12,18H,3,8,10,17H2,1-2H3. The van der Waals surface area contributed by atoms with Crippen LogP contribution in [0.25, 0.3) is 0 Å². The molecule has 0 spiro atoms. The number of nitrogen functional groups attached to an aromatic ring is 1. The van der Waals surface area contributed by atoms with Gasteiger partial charge in [-0.3, -0.25) is 0 Å². The van der Waals surface area contributed by atoms with Crippen LogP contribution in [-0.2, 0) is 6.42 Å². The van der Waals surface area contributed by atoms with Crippen LogP contribution in [0.2, 0.25) is 0 Å². The lowest BCUT2D eigenvalue weighted by atomic mass is 10.1. The normalized spacial score (nSPS) is 12.1. The van der Waals surface area contributed by atoms with Crippen LogP contribution in [0.5, 0.6) is 5.75 Å². The number of benzene rings is 1. The second-order valence-electron chi connectivity index (χ2n) is 4.95. The van der Waals surface area contributed by atoms with Gasteiger partial charge in [0.1, 0.15) is 5.75 Å². The van der Waals surface area contributed by atoms with Gasteiger partial charge in [0.25, 0.3) is 0 Å². The van der Waals surface area contributed by atoms with E-state index < -0.39 is 0 Å². The summed E-state index contributed by atoms with van der Waals surface area (Å²) in [5.41, 5.74) is 9.15. The van der Waals surface area contributed by atoms with Gasteiger partial charge >= 0.3 is 0 Å². The molecule has 1 atom stereocenters. The molecule has 3 N–H and O–H groups in total. The molecule has 1 heterocycles. The number of para-hydroxylation sites is 1. The van der Waals surface area contributed by atoms with E-state index in [4.69, 9.17) is 10.5 Å². The minimum absolute atomic E-state index is 0.327. The summed E-state index contributed by atoms with van der Waals surface area (Å²) < 4.78 is 5.65. The minimum Gasteiger partial charge on any atom is -0.491 e. The highest BCUT2D eigenvalue weighted by atomic mass is 32.1. The number of anilines is 2. The third kappa shape index (κ3) is 3.90. The maximum absolute atomic E-state index is 6.16. The molecule has 0 aliphatic heterocycles. The minimum atomic E-state index is 0.327. The molecule has 1 aromatic carbocycles. The summed E-state index contributed by atoms with van der Waals surface area (Å²) >= 11 is 1.73. The Morgan fingerprint density at radius 3 is 2.90 bits per heavy atom. The molecule has 2 aromatic rings. The van der Waals surface area contributed by atoms with Crippen molar-refractivity contribution in [3.8, 4) is 5.75 Å². The highest BCUT2D eigenvalue weighted by molar-refractivity contribution is 7.07. The van der Waals surface area contributed by atoms with Crippen molar-refractivity contribution in [2.45, 2.75) is 32.7 Å². The van der Waals surface area contributed by atoms with Crippen molar-refractivity contribution in [2.75, 3.05) is 17.7 Å². The summed E-state index contributed by atoms with van der Waals surface area (Å²) in [7, 11) is 0. The molecule has 0 aliphatic carbocycles. The third-order valence-corrected chi connectivity index (χ3v) is 3.78. The van der Waals surface area contributed by atoms with E-state index in [2.05, 4.69) is 36.0 Å². The van der Waals surface area contributed by atoms with E-state index >= 15 is 0 Å². The second kappa shape index (κ2) is 7.20. The molecule has 0 radical (unpaired) electrons. The van der Waals surface area contributed by atoms with Crippen LogP contribution >= 0.6 is 11.3 Å². The lowest BCUT2D eigenvalue weighted by molar-refractivity contribution is 0.319. The molecule has 0 amide bonds. The average Bonchev–Trinajstić information content (AvgIpc) is 2.92. The maximum atomic E-state index is 6.16. The molecule has 1 unspecified atom stereocenters. The quantitative estimate of drug-likeness (QED) is 0.753. The Kier molecular flexibility index (Phi) is 5.30. The van der Waals surface area contributed by atoms with Gasteiger partial charge in [-0.25, -0.2) is 0 Å². The number of nitrogens with one attached hydrogen (secondary N) is 1. The van der Waals surface area contributed by atoms with Crippen LogP contribution < -0.4 is 15.8 Å². The summed E-state index contributed by atoms with van der Waals surface area (Å²) in [6.07, 6.45) is 1.97. The molecular weight excluding hydrogens is 268 g/mol. The van der Waals surface area contributed by atoms with E-state index in [0.29, 0.717) is 18.3 Å². The summed E-state index contributed by atoms with van der Waals surface area (Å²) in [4.78, 5) is 0. The van der Waals surface area contributed by atoms with Gasteiger partial charge in [-0.1, -0.05) is 13.0 Å². The zero-order valence-corrected chi connectivity index (χ0v) is 12.9. The monoisotopic (exact) mass is 290 g/mol. The van der Waals surface area contributed by atoms with Crippen LogP contribution in [0.3, 0.4) is 0 Å². The van der Waals surface area contributed by atoms with Gasteiger partial charge in [-0.05, 0) is 54.3 Å². The van der Waals surface area contributed by atoms with Gasteiger partial charge < -0.3 is 15.8 Å². The Hall–Kier alpha value is -1.68. The molecule has 0 saturated heterocycles. The van der Waals surface area contributed by atoms with Crippen molar-refractivity contribution in [1.82, 2.24) is 0 Å². The molecule has 0 saturated carbocycles. The van der Waals surface area contributed by atoms with Crippen LogP contribution in [-0.4, -0.2) is 12.6 Å². The van der Waals surface area contributed by atoms with Crippen molar-refractivity contribution in [3.63, 3.8) is 0 Å². The summed E-state index contributed by atoms with van der Waals surface area (Å²) in [6.45, 7) is 4.94. The van der Waals surface area contributed by atoms with Gasteiger partial charge in [0.15, 0.2) is 0 Å². The van der Waals surface area contributed by atoms with Crippen molar-refractivity contribution >= 4 is 22.7 Å². The highest BCUT2D eigenvalue weighted by Gasteiger charge is 2.09. The average molecular weight is 290 g/mol. The van der Waals surface area contributed by atoms with Crippen LogP contribution in [0.4, 0.5) is 11.4 Å². The highest BCUT2D eigenvalue weighted by Crippen LogP contribution is 2.30. The van der Waals surface area contributed by atoms with Gasteiger partial charge in [0, 0.05) is 6.04 Å². The largest absolute Gasteiger partial charge is 0.491 e. The number of thiophene rings is 1. The van der Waals surface area contributed by atoms with E-state index in [9.17, 15) is 0 Å². The van der Waals surface area contributed by atoms with Crippen molar-refractivity contribution in [3.05, 3.63) is 40.6 Å². The lowest BCUT2D eigenvalue weighted by Gasteiger charge is -2.18. The molecule has 4 heteroatoms. The predicted molar refractivity (Wildman–Crippen MR) is 87.7 cm³/mol. The predicted octanol–water partition coefficient (Wildman–Crippen LogP) is 4.16. The topological polar surface area (TPSA) is 47.3 Å². The Labute approximate surface area is 124 Å². The first-order valence-corrected chi connectivity index (χ1v) is 7.94. The summed E-state index contributed by atoms with van der Waals surface area (Å²) in [5, 5.41) is 7.75. The van der Waals surface area contributed by atoms with E-state index in [1.165, 1.54) is 5.56 Å². The Bertz CT molecular complexity index is 525. The zero-order valence-electron chi connectivity index (χ0n) is 12.1. The van der Waals surface area contributed by atoms with Gasteiger partial charge in [-0.2, -0.15) is 11.3 Å². The van der Waals surface area contributed by atoms with Crippen LogP contribution in [0, 0.1) is 0 Å². The molecular formula is C16H22N2OS. The van der Waals surface area contributed by atoms with E-state index in [-0.39, 0.29) is 0 Å². The van der Waals surface area contributed by atoms with Gasteiger partial charge in [0.2, 0.25) is 0 Å². The molecule has 0 fully saturated rings. The molecule has 0 aliphatic rings. The molecule has 20 heavy (non-hydrogen) atoms. The maximum Gasteiger partial charge on any atom is 0.144 e. The first-order chi connectivity index (χ1) is 9.70. The van der Waals surface area contributed by atoms with E-state index in [0.717, 1.165) is 24.3 Å².